The van der Waals surface area contributed by atoms with E-state index in [2.05, 4.69) is 0 Å². The summed E-state index contributed by atoms with van der Waals surface area (Å²) in [5, 5.41) is 0. The molecule has 5 heteroatoms. The molecule has 0 amide bonds. The second-order valence-electron chi connectivity index (χ2n) is 3.80. The Balaban J connectivity index is 3.19. The highest BCUT2D eigenvalue weighted by Crippen LogP contribution is 2.24. The van der Waals surface area contributed by atoms with Gasteiger partial charge in [-0.05, 0) is 38.0 Å². The fourth-order valence-electron chi connectivity index (χ4n) is 1.76. The van der Waals surface area contributed by atoms with Crippen molar-refractivity contribution in [3.8, 4) is 0 Å². The number of rotatable bonds is 5. The van der Waals surface area contributed by atoms with Crippen LogP contribution >= 0.6 is 0 Å². The molecule has 0 unspecified atom stereocenters. The molecule has 0 aromatic heterocycles. The van der Waals surface area contributed by atoms with E-state index in [0.29, 0.717) is 17.9 Å². The average molecular weight is 256 g/mol. The summed E-state index contributed by atoms with van der Waals surface area (Å²) < 4.78 is 25.2. The summed E-state index contributed by atoms with van der Waals surface area (Å²) >= 11 is 0. The molecule has 96 valence electrons. The lowest BCUT2D eigenvalue weighted by molar-refractivity contribution is 0.593. The lowest BCUT2D eigenvalue weighted by Gasteiger charge is -2.22. The van der Waals surface area contributed by atoms with Crippen LogP contribution in [0.5, 0.6) is 0 Å². The van der Waals surface area contributed by atoms with Crippen LogP contribution in [0, 0.1) is 0 Å². The van der Waals surface area contributed by atoms with E-state index in [9.17, 15) is 8.42 Å². The number of anilines is 2. The fraction of sp³-hybridized carbons (Fsp3) is 0.500. The zero-order valence-corrected chi connectivity index (χ0v) is 11.4. The van der Waals surface area contributed by atoms with E-state index in [0.717, 1.165) is 12.0 Å². The van der Waals surface area contributed by atoms with Crippen LogP contribution in [-0.4, -0.2) is 20.7 Å². The average Bonchev–Trinajstić information content (AvgIpc) is 2.30. The molecule has 0 atom stereocenters. The monoisotopic (exact) mass is 256 g/mol. The van der Waals surface area contributed by atoms with Crippen molar-refractivity contribution < 1.29 is 8.42 Å². The van der Waals surface area contributed by atoms with E-state index in [1.165, 1.54) is 4.31 Å². The third-order valence-corrected chi connectivity index (χ3v) is 4.66. The Hall–Kier alpha value is -1.23. The first-order chi connectivity index (χ1) is 7.96. The third kappa shape index (κ3) is 2.91. The van der Waals surface area contributed by atoms with Crippen molar-refractivity contribution in [3.05, 3.63) is 23.8 Å². The van der Waals surface area contributed by atoms with Crippen molar-refractivity contribution >= 4 is 21.4 Å². The molecule has 0 saturated heterocycles. The summed E-state index contributed by atoms with van der Waals surface area (Å²) in [5.41, 5.74) is 8.22. The van der Waals surface area contributed by atoms with Crippen LogP contribution in [0.25, 0.3) is 0 Å². The summed E-state index contributed by atoms with van der Waals surface area (Å²) in [6.45, 7) is 5.89. The molecule has 0 bridgehead atoms. The first-order valence-corrected chi connectivity index (χ1v) is 7.46. The lowest BCUT2D eigenvalue weighted by atomic mass is 10.1. The Kier molecular flexibility index (Phi) is 4.40. The van der Waals surface area contributed by atoms with Crippen molar-refractivity contribution in [2.24, 2.45) is 0 Å². The Morgan fingerprint density at radius 1 is 1.24 bits per heavy atom. The van der Waals surface area contributed by atoms with Gasteiger partial charge in [-0.3, -0.25) is 4.31 Å². The van der Waals surface area contributed by atoms with Gasteiger partial charge in [0.2, 0.25) is 10.0 Å². The maximum Gasteiger partial charge on any atom is 0.234 e. The topological polar surface area (TPSA) is 63.4 Å². The van der Waals surface area contributed by atoms with Crippen molar-refractivity contribution in [2.75, 3.05) is 22.3 Å². The third-order valence-electron chi connectivity index (χ3n) is 2.79. The molecule has 0 aliphatic carbocycles. The highest BCUT2D eigenvalue weighted by Gasteiger charge is 2.18. The maximum absolute atomic E-state index is 11.9. The predicted molar refractivity (Wildman–Crippen MR) is 72.7 cm³/mol. The van der Waals surface area contributed by atoms with Crippen molar-refractivity contribution in [2.45, 2.75) is 27.2 Å². The molecule has 17 heavy (non-hydrogen) atoms. The number of nitrogen functional groups attached to an aromatic ring is 1. The minimum atomic E-state index is -3.22. The Morgan fingerprint density at radius 3 is 2.29 bits per heavy atom. The zero-order chi connectivity index (χ0) is 13.1. The molecule has 0 heterocycles. The van der Waals surface area contributed by atoms with Crippen LogP contribution in [0.3, 0.4) is 0 Å². The molecule has 0 aliphatic rings. The van der Waals surface area contributed by atoms with Gasteiger partial charge in [0.1, 0.15) is 0 Å². The van der Waals surface area contributed by atoms with Crippen LogP contribution in [0.1, 0.15) is 26.3 Å². The van der Waals surface area contributed by atoms with Gasteiger partial charge in [-0.2, -0.15) is 0 Å². The van der Waals surface area contributed by atoms with Crippen LogP contribution in [-0.2, 0) is 16.4 Å². The van der Waals surface area contributed by atoms with Gasteiger partial charge in [-0.25, -0.2) is 8.42 Å². The molecule has 0 radical (unpaired) electrons. The summed E-state index contributed by atoms with van der Waals surface area (Å²) in [4.78, 5) is 0. The molecule has 2 N–H and O–H groups in total. The molecule has 0 spiro atoms. The van der Waals surface area contributed by atoms with E-state index >= 15 is 0 Å². The number of nitrogens with zero attached hydrogens (tertiary/aromatic N) is 1. The summed E-state index contributed by atoms with van der Waals surface area (Å²) in [7, 11) is -3.22. The van der Waals surface area contributed by atoms with Crippen molar-refractivity contribution in [1.29, 1.82) is 0 Å². The summed E-state index contributed by atoms with van der Waals surface area (Å²) in [5.74, 6) is 0.0935. The zero-order valence-electron chi connectivity index (χ0n) is 10.6. The van der Waals surface area contributed by atoms with Crippen LogP contribution in [0.2, 0.25) is 0 Å². The molecule has 0 fully saturated rings. The summed E-state index contributed by atoms with van der Waals surface area (Å²) in [6, 6.07) is 5.43. The SMILES string of the molecule is CCc1ccc(N(CC)S(=O)(=O)CC)cc1N. The molecule has 0 aliphatic heterocycles. The van der Waals surface area contributed by atoms with E-state index in [1.54, 1.807) is 13.0 Å². The molecule has 1 rings (SSSR count). The van der Waals surface area contributed by atoms with Crippen LogP contribution in [0.15, 0.2) is 18.2 Å². The maximum atomic E-state index is 11.9. The standard InChI is InChI=1S/C12H20N2O2S/c1-4-10-7-8-11(9-12(10)13)14(5-2)17(15,16)6-3/h7-9H,4-6,13H2,1-3H3. The van der Waals surface area contributed by atoms with E-state index in [1.807, 2.05) is 26.0 Å². The Labute approximate surface area is 103 Å². The number of hydrogen-bond donors (Lipinski definition) is 1. The number of hydrogen-bond acceptors (Lipinski definition) is 3. The largest absolute Gasteiger partial charge is 0.398 e. The van der Waals surface area contributed by atoms with Gasteiger partial charge in [-0.1, -0.05) is 13.0 Å². The highest BCUT2D eigenvalue weighted by molar-refractivity contribution is 7.92. The van der Waals surface area contributed by atoms with Crippen LogP contribution < -0.4 is 10.0 Å². The van der Waals surface area contributed by atoms with Gasteiger partial charge in [0, 0.05) is 12.2 Å². The molecular formula is C12H20N2O2S. The Bertz CT molecular complexity index is 483. The van der Waals surface area contributed by atoms with Crippen LogP contribution in [0.4, 0.5) is 11.4 Å². The second-order valence-corrected chi connectivity index (χ2v) is 5.98. The van der Waals surface area contributed by atoms with Gasteiger partial charge < -0.3 is 5.73 Å². The van der Waals surface area contributed by atoms with Crippen molar-refractivity contribution in [3.63, 3.8) is 0 Å². The van der Waals surface area contributed by atoms with Gasteiger partial charge >= 0.3 is 0 Å². The minimum absolute atomic E-state index is 0.0935. The quantitative estimate of drug-likeness (QED) is 0.820. The van der Waals surface area contributed by atoms with E-state index in [-0.39, 0.29) is 5.75 Å². The van der Waals surface area contributed by atoms with Crippen molar-refractivity contribution in [1.82, 2.24) is 0 Å². The van der Waals surface area contributed by atoms with E-state index in [4.69, 9.17) is 5.73 Å². The highest BCUT2D eigenvalue weighted by atomic mass is 32.2. The van der Waals surface area contributed by atoms with Gasteiger partial charge in [0.05, 0.1) is 11.4 Å². The smallest absolute Gasteiger partial charge is 0.234 e. The number of aryl methyl sites for hydroxylation is 1. The minimum Gasteiger partial charge on any atom is -0.398 e. The lowest BCUT2D eigenvalue weighted by Crippen LogP contribution is -2.32. The molecule has 4 nitrogen and oxygen atoms in total. The molecule has 1 aromatic carbocycles. The number of nitrogens with two attached hydrogens (primary N) is 1. The second kappa shape index (κ2) is 5.40. The summed E-state index contributed by atoms with van der Waals surface area (Å²) in [6.07, 6.45) is 0.846. The van der Waals surface area contributed by atoms with E-state index < -0.39 is 10.0 Å². The fourth-order valence-corrected chi connectivity index (χ4v) is 2.89. The molecular weight excluding hydrogens is 236 g/mol. The van der Waals surface area contributed by atoms with Gasteiger partial charge in [-0.15, -0.1) is 0 Å². The van der Waals surface area contributed by atoms with Gasteiger partial charge in [0.25, 0.3) is 0 Å². The van der Waals surface area contributed by atoms with Gasteiger partial charge in [0.15, 0.2) is 0 Å². The molecule has 1 aromatic rings. The molecule has 0 saturated carbocycles. The predicted octanol–water partition coefficient (Wildman–Crippen LogP) is 2.01. The first kappa shape index (κ1) is 13.8. The number of sulfonamides is 1. The Morgan fingerprint density at radius 2 is 1.88 bits per heavy atom. The number of benzene rings is 1. The normalized spacial score (nSPS) is 11.5. The first-order valence-electron chi connectivity index (χ1n) is 5.85.